The van der Waals surface area contributed by atoms with Crippen molar-refractivity contribution in [1.29, 1.82) is 0 Å². The summed E-state index contributed by atoms with van der Waals surface area (Å²) in [6.45, 7) is 0. The molecule has 0 aliphatic rings. The quantitative estimate of drug-likeness (QED) is 0.422. The van der Waals surface area contributed by atoms with Gasteiger partial charge in [-0.1, -0.05) is 48.5 Å². The average molecular weight is 301 g/mol. The molecule has 0 heterocycles. The molecule has 0 saturated heterocycles. The van der Waals surface area contributed by atoms with Gasteiger partial charge < -0.3 is 0 Å². The first-order chi connectivity index (χ1) is 11.1. The molecule has 4 aromatic rings. The standard InChI is InChI=1S/C19H11NO3/c21-19-16-9-3-6-13-5-2-8-15(18(13)16)17(19)11-12-4-1-7-14(10-12)20(22)23/h1-11H/b17-11-. The molecule has 0 saturated carbocycles. The number of hydrogen-bond acceptors (Lipinski definition) is 3. The van der Waals surface area contributed by atoms with Crippen molar-refractivity contribution < 1.29 is 4.92 Å². The monoisotopic (exact) mass is 301 g/mol. The molecule has 0 aliphatic heterocycles. The summed E-state index contributed by atoms with van der Waals surface area (Å²) in [6.07, 6.45) is 1.73. The van der Waals surface area contributed by atoms with Crippen molar-refractivity contribution in [2.45, 2.75) is 0 Å². The van der Waals surface area contributed by atoms with Gasteiger partial charge in [-0.3, -0.25) is 14.9 Å². The zero-order valence-electron chi connectivity index (χ0n) is 12.0. The van der Waals surface area contributed by atoms with E-state index < -0.39 is 4.92 Å². The van der Waals surface area contributed by atoms with Crippen LogP contribution in [0.2, 0.25) is 0 Å². The fourth-order valence-electron chi connectivity index (χ4n) is 3.06. The Kier molecular flexibility index (Phi) is 2.84. The first-order valence-electron chi connectivity index (χ1n) is 7.18. The maximum Gasteiger partial charge on any atom is 0.270 e. The SMILES string of the molecule is O=c1/c(=C\c2cccc([N+](=O)[O-])c2)c2cccc3cccc1c32. The Morgan fingerprint density at radius 2 is 1.61 bits per heavy atom. The number of rotatable bonds is 2. The molecule has 0 atom stereocenters. The Morgan fingerprint density at radius 3 is 2.35 bits per heavy atom. The Hall–Kier alpha value is -3.27. The summed E-state index contributed by atoms with van der Waals surface area (Å²) in [5.74, 6) is 0. The Labute approximate surface area is 130 Å². The van der Waals surface area contributed by atoms with Crippen LogP contribution in [0.1, 0.15) is 5.56 Å². The molecule has 4 aromatic carbocycles. The maximum atomic E-state index is 12.7. The highest BCUT2D eigenvalue weighted by Gasteiger charge is 2.11. The third-order valence-corrected chi connectivity index (χ3v) is 4.08. The van der Waals surface area contributed by atoms with Crippen molar-refractivity contribution in [2.24, 2.45) is 0 Å². The van der Waals surface area contributed by atoms with Gasteiger partial charge in [-0.15, -0.1) is 0 Å². The topological polar surface area (TPSA) is 60.2 Å². The van der Waals surface area contributed by atoms with Crippen molar-refractivity contribution >= 4 is 33.3 Å². The van der Waals surface area contributed by atoms with Crippen LogP contribution in [-0.4, -0.2) is 4.92 Å². The smallest absolute Gasteiger partial charge is 0.270 e. The summed E-state index contributed by atoms with van der Waals surface area (Å²) < 4.78 is 0. The molecule has 0 aliphatic carbocycles. The van der Waals surface area contributed by atoms with Crippen molar-refractivity contribution in [3.05, 3.63) is 91.8 Å². The molecule has 0 unspecified atom stereocenters. The van der Waals surface area contributed by atoms with Gasteiger partial charge in [-0.05, 0) is 22.4 Å². The second kappa shape index (κ2) is 4.88. The van der Waals surface area contributed by atoms with Crippen LogP contribution < -0.4 is 10.6 Å². The van der Waals surface area contributed by atoms with Crippen molar-refractivity contribution in [3.8, 4) is 0 Å². The molecule has 0 aromatic heterocycles. The van der Waals surface area contributed by atoms with Gasteiger partial charge in [0.15, 0.2) is 5.43 Å². The van der Waals surface area contributed by atoms with Crippen LogP contribution in [0.25, 0.3) is 27.6 Å². The van der Waals surface area contributed by atoms with Gasteiger partial charge >= 0.3 is 0 Å². The minimum absolute atomic E-state index is 0.0144. The molecule has 0 spiro atoms. The first-order valence-corrected chi connectivity index (χ1v) is 7.18. The van der Waals surface area contributed by atoms with E-state index >= 15 is 0 Å². The molecular formula is C19H11NO3. The molecular weight excluding hydrogens is 290 g/mol. The number of non-ortho nitro benzene ring substituents is 1. The second-order valence-electron chi connectivity index (χ2n) is 5.45. The van der Waals surface area contributed by atoms with Crippen LogP contribution in [0.4, 0.5) is 5.69 Å². The van der Waals surface area contributed by atoms with Crippen LogP contribution in [0.5, 0.6) is 0 Å². The molecule has 0 N–H and O–H groups in total. The molecule has 4 rings (SSSR count). The number of hydrogen-bond donors (Lipinski definition) is 0. The zero-order valence-corrected chi connectivity index (χ0v) is 12.0. The second-order valence-corrected chi connectivity index (χ2v) is 5.45. The Bertz CT molecular complexity index is 1160. The van der Waals surface area contributed by atoms with Crippen molar-refractivity contribution in [3.63, 3.8) is 0 Å². The van der Waals surface area contributed by atoms with Gasteiger partial charge in [0.2, 0.25) is 0 Å². The summed E-state index contributed by atoms with van der Waals surface area (Å²) in [7, 11) is 0. The predicted molar refractivity (Wildman–Crippen MR) is 90.8 cm³/mol. The van der Waals surface area contributed by atoms with E-state index in [1.54, 1.807) is 18.2 Å². The van der Waals surface area contributed by atoms with E-state index in [4.69, 9.17) is 0 Å². The predicted octanol–water partition coefficient (Wildman–Crippen LogP) is 3.25. The highest BCUT2D eigenvalue weighted by Crippen LogP contribution is 2.23. The fourth-order valence-corrected chi connectivity index (χ4v) is 3.06. The van der Waals surface area contributed by atoms with Crippen LogP contribution >= 0.6 is 0 Å². The summed E-state index contributed by atoms with van der Waals surface area (Å²) >= 11 is 0. The van der Waals surface area contributed by atoms with E-state index in [9.17, 15) is 14.9 Å². The van der Waals surface area contributed by atoms with Crippen LogP contribution in [0.3, 0.4) is 0 Å². The number of nitro groups is 1. The lowest BCUT2D eigenvalue weighted by Crippen LogP contribution is -2.19. The molecule has 4 nitrogen and oxygen atoms in total. The maximum absolute atomic E-state index is 12.7. The lowest BCUT2D eigenvalue weighted by Gasteiger charge is -1.96. The minimum Gasteiger partial charge on any atom is -0.289 e. The number of nitrogens with zero attached hydrogens (tertiary/aromatic N) is 1. The van der Waals surface area contributed by atoms with E-state index in [1.807, 2.05) is 36.4 Å². The largest absolute Gasteiger partial charge is 0.289 e. The molecule has 0 bridgehead atoms. The molecule has 0 fully saturated rings. The van der Waals surface area contributed by atoms with Crippen molar-refractivity contribution in [1.82, 2.24) is 0 Å². The molecule has 23 heavy (non-hydrogen) atoms. The Morgan fingerprint density at radius 1 is 0.913 bits per heavy atom. The van der Waals surface area contributed by atoms with E-state index in [0.717, 1.165) is 16.2 Å². The van der Waals surface area contributed by atoms with Gasteiger partial charge in [0, 0.05) is 28.1 Å². The highest BCUT2D eigenvalue weighted by molar-refractivity contribution is 6.12. The summed E-state index contributed by atoms with van der Waals surface area (Å²) in [6, 6.07) is 17.8. The van der Waals surface area contributed by atoms with Gasteiger partial charge in [-0.2, -0.15) is 0 Å². The van der Waals surface area contributed by atoms with Crippen molar-refractivity contribution in [2.75, 3.05) is 0 Å². The van der Waals surface area contributed by atoms with Crippen LogP contribution in [-0.2, 0) is 0 Å². The lowest BCUT2D eigenvalue weighted by molar-refractivity contribution is -0.384. The number of nitro benzene ring substituents is 1. The summed E-state index contributed by atoms with van der Waals surface area (Å²) in [5.41, 5.74) is 0.621. The first kappa shape index (κ1) is 13.4. The van der Waals surface area contributed by atoms with Gasteiger partial charge in [0.05, 0.1) is 4.92 Å². The van der Waals surface area contributed by atoms with Gasteiger partial charge in [0.1, 0.15) is 0 Å². The summed E-state index contributed by atoms with van der Waals surface area (Å²) in [4.78, 5) is 23.2. The van der Waals surface area contributed by atoms with E-state index in [1.165, 1.54) is 12.1 Å². The Balaban J connectivity index is 2.08. The van der Waals surface area contributed by atoms with Gasteiger partial charge in [0.25, 0.3) is 5.69 Å². The summed E-state index contributed by atoms with van der Waals surface area (Å²) in [5, 5.41) is 15.0. The normalized spacial score (nSPS) is 12.3. The third kappa shape index (κ3) is 2.04. The van der Waals surface area contributed by atoms with E-state index in [-0.39, 0.29) is 11.1 Å². The molecule has 0 amide bonds. The third-order valence-electron chi connectivity index (χ3n) is 4.08. The lowest BCUT2D eigenvalue weighted by atomic mass is 10.1. The number of benzene rings is 3. The molecule has 0 radical (unpaired) electrons. The highest BCUT2D eigenvalue weighted by atomic mass is 16.6. The van der Waals surface area contributed by atoms with Crippen LogP contribution in [0, 0.1) is 10.1 Å². The molecule has 110 valence electrons. The minimum atomic E-state index is -0.437. The zero-order chi connectivity index (χ0) is 16.0. The van der Waals surface area contributed by atoms with E-state index in [0.29, 0.717) is 16.2 Å². The van der Waals surface area contributed by atoms with Gasteiger partial charge in [-0.25, -0.2) is 0 Å². The van der Waals surface area contributed by atoms with E-state index in [2.05, 4.69) is 0 Å². The average Bonchev–Trinajstić information content (AvgIpc) is 2.83. The van der Waals surface area contributed by atoms with Crippen LogP contribution in [0.15, 0.2) is 65.5 Å². The molecule has 4 heteroatoms. The fraction of sp³-hybridized carbons (Fsp3) is 0.